The molecule has 0 aliphatic carbocycles. The molecule has 1 aliphatic heterocycles. The maximum atomic E-state index is 12.2. The van der Waals surface area contributed by atoms with Crippen LogP contribution in [0.5, 0.6) is 0 Å². The van der Waals surface area contributed by atoms with Gasteiger partial charge in [-0.15, -0.1) is 6.58 Å². The summed E-state index contributed by atoms with van der Waals surface area (Å²) < 4.78 is 22.0. The van der Waals surface area contributed by atoms with Crippen molar-refractivity contribution >= 4 is 5.97 Å². The number of methoxy groups -OCH3 is 1. The maximum Gasteiger partial charge on any atom is 0.336 e. The fourth-order valence-electron chi connectivity index (χ4n) is 2.15. The Morgan fingerprint density at radius 3 is 2.40 bits per heavy atom. The summed E-state index contributed by atoms with van der Waals surface area (Å²) in [6.45, 7) is 13.3. The standard InChI is InChI=1S/C15H26O5/c1-8-10(11-9-18-15(5,6)19-11)12(17-7)13(16)20-14(2,3)4/h8,10-12H,1,9H2,2-7H3/t10-,11+,12-/m1/s1. The first kappa shape index (κ1) is 17.1. The molecule has 0 amide bonds. The number of carbonyl (C=O) groups is 1. The van der Waals surface area contributed by atoms with Gasteiger partial charge in [0.1, 0.15) is 5.60 Å². The zero-order valence-corrected chi connectivity index (χ0v) is 13.3. The van der Waals surface area contributed by atoms with Gasteiger partial charge in [-0.2, -0.15) is 0 Å². The van der Waals surface area contributed by atoms with Gasteiger partial charge in [0, 0.05) is 13.0 Å². The highest BCUT2D eigenvalue weighted by Gasteiger charge is 2.42. The van der Waals surface area contributed by atoms with Crippen molar-refractivity contribution in [1.29, 1.82) is 0 Å². The summed E-state index contributed by atoms with van der Waals surface area (Å²) in [5.74, 6) is -1.40. The van der Waals surface area contributed by atoms with E-state index in [4.69, 9.17) is 18.9 Å². The molecule has 1 heterocycles. The van der Waals surface area contributed by atoms with Gasteiger partial charge in [-0.1, -0.05) is 6.08 Å². The minimum atomic E-state index is -0.755. The van der Waals surface area contributed by atoms with Gasteiger partial charge in [-0.3, -0.25) is 0 Å². The van der Waals surface area contributed by atoms with E-state index in [1.165, 1.54) is 7.11 Å². The molecule has 0 radical (unpaired) electrons. The summed E-state index contributed by atoms with van der Waals surface area (Å²) in [5.41, 5.74) is -0.564. The number of hydrogen-bond donors (Lipinski definition) is 0. The second kappa shape index (κ2) is 6.24. The topological polar surface area (TPSA) is 54.0 Å². The summed E-state index contributed by atoms with van der Waals surface area (Å²) >= 11 is 0. The second-order valence-corrected chi connectivity index (χ2v) is 6.37. The van der Waals surface area contributed by atoms with E-state index < -0.39 is 23.5 Å². The Morgan fingerprint density at radius 2 is 2.05 bits per heavy atom. The molecule has 1 fully saturated rings. The molecule has 0 spiro atoms. The summed E-state index contributed by atoms with van der Waals surface area (Å²) in [7, 11) is 1.48. The monoisotopic (exact) mass is 286 g/mol. The van der Waals surface area contributed by atoms with Crippen molar-refractivity contribution in [3.05, 3.63) is 12.7 Å². The largest absolute Gasteiger partial charge is 0.458 e. The highest BCUT2D eigenvalue weighted by molar-refractivity contribution is 5.76. The lowest BCUT2D eigenvalue weighted by Crippen LogP contribution is -2.42. The quantitative estimate of drug-likeness (QED) is 0.573. The van der Waals surface area contributed by atoms with Gasteiger partial charge < -0.3 is 18.9 Å². The van der Waals surface area contributed by atoms with Crippen LogP contribution in [0.2, 0.25) is 0 Å². The molecule has 0 unspecified atom stereocenters. The molecule has 5 nitrogen and oxygen atoms in total. The van der Waals surface area contributed by atoms with Gasteiger partial charge >= 0.3 is 5.97 Å². The molecule has 1 saturated heterocycles. The zero-order valence-electron chi connectivity index (χ0n) is 13.3. The lowest BCUT2D eigenvalue weighted by molar-refractivity contribution is -0.176. The average molecular weight is 286 g/mol. The van der Waals surface area contributed by atoms with Gasteiger partial charge in [0.15, 0.2) is 11.9 Å². The van der Waals surface area contributed by atoms with Crippen molar-refractivity contribution in [2.24, 2.45) is 5.92 Å². The molecule has 5 heteroatoms. The van der Waals surface area contributed by atoms with Crippen LogP contribution in [-0.2, 0) is 23.7 Å². The van der Waals surface area contributed by atoms with E-state index in [1.54, 1.807) is 6.08 Å². The highest BCUT2D eigenvalue weighted by atomic mass is 16.7. The van der Waals surface area contributed by atoms with Crippen LogP contribution in [0.4, 0.5) is 0 Å². The third-order valence-electron chi connectivity index (χ3n) is 2.97. The zero-order chi connectivity index (χ0) is 15.6. The molecule has 1 rings (SSSR count). The molecule has 1 aliphatic rings. The molecule has 0 bridgehead atoms. The fourth-order valence-corrected chi connectivity index (χ4v) is 2.15. The van der Waals surface area contributed by atoms with Crippen molar-refractivity contribution in [2.45, 2.75) is 58.2 Å². The lowest BCUT2D eigenvalue weighted by atomic mass is 9.96. The Hall–Kier alpha value is -0.910. The molecule has 20 heavy (non-hydrogen) atoms. The summed E-state index contributed by atoms with van der Waals surface area (Å²) in [4.78, 5) is 12.2. The van der Waals surface area contributed by atoms with E-state index in [2.05, 4.69) is 6.58 Å². The summed E-state index contributed by atoms with van der Waals surface area (Å²) in [5, 5.41) is 0. The van der Waals surface area contributed by atoms with Crippen LogP contribution < -0.4 is 0 Å². The van der Waals surface area contributed by atoms with E-state index in [0.717, 1.165) is 0 Å². The Morgan fingerprint density at radius 1 is 1.45 bits per heavy atom. The number of esters is 1. The maximum absolute atomic E-state index is 12.2. The summed E-state index contributed by atoms with van der Waals surface area (Å²) in [6, 6.07) is 0. The van der Waals surface area contributed by atoms with Crippen molar-refractivity contribution in [2.75, 3.05) is 13.7 Å². The van der Waals surface area contributed by atoms with E-state index in [-0.39, 0.29) is 12.0 Å². The minimum absolute atomic E-state index is 0.278. The molecule has 0 N–H and O–H groups in total. The third kappa shape index (κ3) is 4.58. The van der Waals surface area contributed by atoms with Gasteiger partial charge in [0.2, 0.25) is 0 Å². The smallest absolute Gasteiger partial charge is 0.336 e. The first-order chi connectivity index (χ1) is 9.09. The minimum Gasteiger partial charge on any atom is -0.458 e. The molecular weight excluding hydrogens is 260 g/mol. The van der Waals surface area contributed by atoms with Gasteiger partial charge in [0.25, 0.3) is 0 Å². The van der Waals surface area contributed by atoms with E-state index in [1.807, 2.05) is 34.6 Å². The Kier molecular flexibility index (Phi) is 5.35. The first-order valence-corrected chi connectivity index (χ1v) is 6.79. The van der Waals surface area contributed by atoms with Gasteiger partial charge in [-0.05, 0) is 34.6 Å². The van der Waals surface area contributed by atoms with Crippen LogP contribution in [0.25, 0.3) is 0 Å². The normalized spacial score (nSPS) is 25.0. The summed E-state index contributed by atoms with van der Waals surface area (Å²) in [6.07, 6.45) is 0.627. The molecule has 0 aromatic rings. The fraction of sp³-hybridized carbons (Fsp3) is 0.800. The van der Waals surface area contributed by atoms with E-state index in [0.29, 0.717) is 6.61 Å². The highest BCUT2D eigenvalue weighted by Crippen LogP contribution is 2.30. The number of ether oxygens (including phenoxy) is 4. The molecule has 3 atom stereocenters. The molecule has 0 saturated carbocycles. The van der Waals surface area contributed by atoms with Crippen LogP contribution in [-0.4, -0.2) is 43.3 Å². The van der Waals surface area contributed by atoms with Crippen LogP contribution in [0, 0.1) is 5.92 Å². The van der Waals surface area contributed by atoms with Crippen LogP contribution in [0.1, 0.15) is 34.6 Å². The number of hydrogen-bond acceptors (Lipinski definition) is 5. The van der Waals surface area contributed by atoms with Gasteiger partial charge in [0.05, 0.1) is 12.7 Å². The predicted molar refractivity (Wildman–Crippen MR) is 75.2 cm³/mol. The van der Waals surface area contributed by atoms with Crippen molar-refractivity contribution in [1.82, 2.24) is 0 Å². The van der Waals surface area contributed by atoms with Crippen molar-refractivity contribution in [3.8, 4) is 0 Å². The number of rotatable bonds is 5. The predicted octanol–water partition coefficient (Wildman–Crippen LogP) is 2.30. The Labute approximate surface area is 121 Å². The number of carbonyl (C=O) groups excluding carboxylic acids is 1. The Balaban J connectivity index is 2.80. The van der Waals surface area contributed by atoms with E-state index in [9.17, 15) is 4.79 Å². The Bertz CT molecular complexity index is 356. The molecular formula is C15H26O5. The van der Waals surface area contributed by atoms with Crippen molar-refractivity contribution in [3.63, 3.8) is 0 Å². The van der Waals surface area contributed by atoms with Gasteiger partial charge in [-0.25, -0.2) is 4.79 Å². The molecule has 0 aromatic heterocycles. The van der Waals surface area contributed by atoms with E-state index >= 15 is 0 Å². The SMILES string of the molecule is C=C[C@H]([C@@H]1COC(C)(C)O1)[C@@H](OC)C(=O)OC(C)(C)C. The first-order valence-electron chi connectivity index (χ1n) is 6.79. The average Bonchev–Trinajstić information content (AvgIpc) is 2.63. The van der Waals surface area contributed by atoms with Crippen molar-refractivity contribution < 1.29 is 23.7 Å². The molecule has 0 aromatic carbocycles. The van der Waals surface area contributed by atoms with Crippen LogP contribution in [0.15, 0.2) is 12.7 Å². The lowest BCUT2D eigenvalue weighted by Gasteiger charge is -2.29. The third-order valence-corrected chi connectivity index (χ3v) is 2.97. The second-order valence-electron chi connectivity index (χ2n) is 6.37. The van der Waals surface area contributed by atoms with Crippen LogP contribution in [0.3, 0.4) is 0 Å². The molecule has 116 valence electrons. The van der Waals surface area contributed by atoms with Crippen LogP contribution >= 0.6 is 0 Å².